The highest BCUT2D eigenvalue weighted by Crippen LogP contribution is 2.17. The zero-order valence-corrected chi connectivity index (χ0v) is 9.30. The molecule has 1 N–H and O–H groups in total. The van der Waals surface area contributed by atoms with Gasteiger partial charge in [-0.1, -0.05) is 13.8 Å². The number of carbonyl (C=O) groups is 3. The van der Waals surface area contributed by atoms with Gasteiger partial charge < -0.3 is 9.84 Å². The number of hydrogen-bond donors (Lipinski definition) is 1. The van der Waals surface area contributed by atoms with E-state index in [1.807, 2.05) is 0 Å². The highest BCUT2D eigenvalue weighted by atomic mass is 16.5. The summed E-state index contributed by atoms with van der Waals surface area (Å²) in [4.78, 5) is 34.8. The molecule has 0 bridgehead atoms. The summed E-state index contributed by atoms with van der Waals surface area (Å²) in [6.07, 6.45) is -0.227. The van der Waals surface area contributed by atoms with E-state index in [0.29, 0.717) is 0 Å². The zero-order chi connectivity index (χ0) is 12.3. The van der Waals surface area contributed by atoms with Crippen molar-refractivity contribution in [2.45, 2.75) is 26.3 Å². The van der Waals surface area contributed by atoms with Gasteiger partial charge in [-0.3, -0.25) is 19.3 Å². The molecule has 1 saturated heterocycles. The molecule has 6 heteroatoms. The fraction of sp³-hybridized carbons (Fsp3) is 0.700. The van der Waals surface area contributed by atoms with Crippen molar-refractivity contribution in [2.24, 2.45) is 5.92 Å². The van der Waals surface area contributed by atoms with E-state index in [0.717, 1.165) is 4.90 Å². The van der Waals surface area contributed by atoms with E-state index in [4.69, 9.17) is 9.84 Å². The third-order valence-corrected chi connectivity index (χ3v) is 2.47. The number of aliphatic carboxylic acids is 1. The minimum Gasteiger partial charge on any atom is -0.481 e. The van der Waals surface area contributed by atoms with E-state index >= 15 is 0 Å². The highest BCUT2D eigenvalue weighted by Gasteiger charge is 2.35. The molecule has 1 rings (SSSR count). The van der Waals surface area contributed by atoms with E-state index in [-0.39, 0.29) is 25.6 Å². The lowest BCUT2D eigenvalue weighted by Crippen LogP contribution is -2.53. The molecule has 1 atom stereocenters. The Balaban J connectivity index is 2.86. The summed E-state index contributed by atoms with van der Waals surface area (Å²) < 4.78 is 4.77. The molecule has 0 aliphatic carbocycles. The SMILES string of the molecule is CC(C)C(CC(=O)O)N1C(=O)COCC1=O. The van der Waals surface area contributed by atoms with Crippen LogP contribution in [0.5, 0.6) is 0 Å². The molecule has 2 amide bonds. The van der Waals surface area contributed by atoms with Crippen molar-refractivity contribution in [3.05, 3.63) is 0 Å². The van der Waals surface area contributed by atoms with E-state index in [1.54, 1.807) is 13.8 Å². The smallest absolute Gasteiger partial charge is 0.305 e. The van der Waals surface area contributed by atoms with Crippen molar-refractivity contribution >= 4 is 17.8 Å². The Morgan fingerprint density at radius 1 is 1.38 bits per heavy atom. The number of carboxylic acids is 1. The van der Waals surface area contributed by atoms with Gasteiger partial charge in [0.15, 0.2) is 0 Å². The van der Waals surface area contributed by atoms with Crippen LogP contribution in [-0.4, -0.2) is 47.0 Å². The van der Waals surface area contributed by atoms with Gasteiger partial charge in [0.2, 0.25) is 0 Å². The number of nitrogens with zero attached hydrogens (tertiary/aromatic N) is 1. The Bertz CT molecular complexity index is 296. The zero-order valence-electron chi connectivity index (χ0n) is 9.30. The molecule has 1 fully saturated rings. The summed E-state index contributed by atoms with van der Waals surface area (Å²) in [5, 5.41) is 8.76. The summed E-state index contributed by atoms with van der Waals surface area (Å²) in [6.45, 7) is 3.25. The van der Waals surface area contributed by atoms with E-state index < -0.39 is 23.8 Å². The van der Waals surface area contributed by atoms with Gasteiger partial charge in [-0.25, -0.2) is 0 Å². The lowest BCUT2D eigenvalue weighted by molar-refractivity contribution is -0.163. The van der Waals surface area contributed by atoms with Crippen molar-refractivity contribution in [3.8, 4) is 0 Å². The molecule has 0 aromatic carbocycles. The third-order valence-electron chi connectivity index (χ3n) is 2.47. The first-order valence-corrected chi connectivity index (χ1v) is 5.08. The second-order valence-electron chi connectivity index (χ2n) is 4.06. The molecule has 0 aromatic heterocycles. The van der Waals surface area contributed by atoms with Gasteiger partial charge in [0.05, 0.1) is 12.5 Å². The van der Waals surface area contributed by atoms with E-state index in [1.165, 1.54) is 0 Å². The van der Waals surface area contributed by atoms with Crippen LogP contribution in [0.3, 0.4) is 0 Å². The van der Waals surface area contributed by atoms with Crippen molar-refractivity contribution in [1.82, 2.24) is 4.90 Å². The van der Waals surface area contributed by atoms with Crippen molar-refractivity contribution in [3.63, 3.8) is 0 Å². The number of hydrogen-bond acceptors (Lipinski definition) is 4. The van der Waals surface area contributed by atoms with Crippen molar-refractivity contribution in [2.75, 3.05) is 13.2 Å². The van der Waals surface area contributed by atoms with Crippen LogP contribution in [-0.2, 0) is 19.1 Å². The monoisotopic (exact) mass is 229 g/mol. The van der Waals surface area contributed by atoms with Crippen LogP contribution in [0.25, 0.3) is 0 Å². The molecule has 0 aromatic rings. The van der Waals surface area contributed by atoms with Crippen LogP contribution in [0.2, 0.25) is 0 Å². The van der Waals surface area contributed by atoms with Gasteiger partial charge in [-0.2, -0.15) is 0 Å². The van der Waals surface area contributed by atoms with Crippen LogP contribution in [0.15, 0.2) is 0 Å². The summed E-state index contributed by atoms with van der Waals surface area (Å²) >= 11 is 0. The number of amides is 2. The standard InChI is InChI=1S/C10H15NO5/c1-6(2)7(3-10(14)15)11-8(12)4-16-5-9(11)13/h6-7H,3-5H2,1-2H3,(H,14,15). The summed E-state index contributed by atoms with van der Waals surface area (Å²) in [5.74, 6) is -2.04. The number of carboxylic acid groups (broad SMARTS) is 1. The second-order valence-corrected chi connectivity index (χ2v) is 4.06. The maximum Gasteiger partial charge on any atom is 0.305 e. The van der Waals surface area contributed by atoms with Crippen LogP contribution in [0, 0.1) is 5.92 Å². The predicted octanol–water partition coefficient (Wildman–Crippen LogP) is -0.129. The first-order valence-electron chi connectivity index (χ1n) is 5.08. The first-order chi connectivity index (χ1) is 7.43. The quantitative estimate of drug-likeness (QED) is 0.679. The molecule has 16 heavy (non-hydrogen) atoms. The average molecular weight is 229 g/mol. The fourth-order valence-corrected chi connectivity index (χ4v) is 1.68. The number of imide groups is 1. The Morgan fingerprint density at radius 2 is 1.88 bits per heavy atom. The maximum absolute atomic E-state index is 11.5. The second kappa shape index (κ2) is 5.07. The third kappa shape index (κ3) is 2.79. The molecule has 0 spiro atoms. The van der Waals surface area contributed by atoms with Crippen LogP contribution < -0.4 is 0 Å². The summed E-state index contributed by atoms with van der Waals surface area (Å²) in [7, 11) is 0. The highest BCUT2D eigenvalue weighted by molar-refractivity contribution is 5.99. The summed E-state index contributed by atoms with van der Waals surface area (Å²) in [5.41, 5.74) is 0. The molecule has 0 radical (unpaired) electrons. The van der Waals surface area contributed by atoms with E-state index in [9.17, 15) is 14.4 Å². The Hall–Kier alpha value is -1.43. The van der Waals surface area contributed by atoms with Gasteiger partial charge in [-0.15, -0.1) is 0 Å². The molecule has 1 heterocycles. The van der Waals surface area contributed by atoms with Crippen molar-refractivity contribution in [1.29, 1.82) is 0 Å². The minimum atomic E-state index is -1.02. The van der Waals surface area contributed by atoms with Gasteiger partial charge in [0.1, 0.15) is 13.2 Å². The lowest BCUT2D eigenvalue weighted by atomic mass is 9.98. The number of carbonyl (C=O) groups excluding carboxylic acids is 2. The van der Waals surface area contributed by atoms with Gasteiger partial charge in [-0.05, 0) is 5.92 Å². The summed E-state index contributed by atoms with van der Waals surface area (Å²) in [6, 6.07) is -0.596. The topological polar surface area (TPSA) is 83.9 Å². The van der Waals surface area contributed by atoms with Gasteiger partial charge in [0.25, 0.3) is 11.8 Å². The molecular formula is C10H15NO5. The van der Waals surface area contributed by atoms with Crippen LogP contribution in [0.4, 0.5) is 0 Å². The lowest BCUT2D eigenvalue weighted by Gasteiger charge is -2.34. The Morgan fingerprint density at radius 3 is 2.25 bits per heavy atom. The number of ether oxygens (including phenoxy) is 1. The van der Waals surface area contributed by atoms with Crippen LogP contribution >= 0.6 is 0 Å². The van der Waals surface area contributed by atoms with Crippen LogP contribution in [0.1, 0.15) is 20.3 Å². The predicted molar refractivity (Wildman–Crippen MR) is 53.6 cm³/mol. The van der Waals surface area contributed by atoms with E-state index in [2.05, 4.69) is 0 Å². The van der Waals surface area contributed by atoms with Gasteiger partial charge in [0, 0.05) is 0 Å². The normalized spacial score (nSPS) is 19.1. The molecule has 6 nitrogen and oxygen atoms in total. The Labute approximate surface area is 93.2 Å². The maximum atomic E-state index is 11.5. The largest absolute Gasteiger partial charge is 0.481 e. The first kappa shape index (κ1) is 12.6. The molecule has 0 saturated carbocycles. The molecule has 1 aliphatic heterocycles. The molecule has 1 unspecified atom stereocenters. The molecule has 90 valence electrons. The number of morpholine rings is 1. The molecular weight excluding hydrogens is 214 g/mol. The van der Waals surface area contributed by atoms with Gasteiger partial charge >= 0.3 is 5.97 Å². The fourth-order valence-electron chi connectivity index (χ4n) is 1.68. The minimum absolute atomic E-state index is 0.0953. The van der Waals surface area contributed by atoms with Crippen molar-refractivity contribution < 1.29 is 24.2 Å². The molecule has 1 aliphatic rings. The Kier molecular flexibility index (Phi) is 4.00. The average Bonchev–Trinajstić information content (AvgIpc) is 2.15. The number of rotatable bonds is 4.